The van der Waals surface area contributed by atoms with Crippen molar-refractivity contribution in [2.45, 2.75) is 22.8 Å². The summed E-state index contributed by atoms with van der Waals surface area (Å²) in [7, 11) is 0. The fourth-order valence-corrected chi connectivity index (χ4v) is 2.38. The van der Waals surface area contributed by atoms with Crippen molar-refractivity contribution in [2.24, 2.45) is 5.73 Å². The quantitative estimate of drug-likeness (QED) is 0.902. The van der Waals surface area contributed by atoms with E-state index in [1.54, 1.807) is 0 Å². The molecule has 0 heterocycles. The topological polar surface area (TPSA) is 26.0 Å². The third-order valence-electron chi connectivity index (χ3n) is 2.53. The van der Waals surface area contributed by atoms with E-state index >= 15 is 0 Å². The van der Waals surface area contributed by atoms with Crippen LogP contribution in [0.5, 0.6) is 0 Å². The molecule has 1 nitrogen and oxygen atoms in total. The highest BCUT2D eigenvalue weighted by atomic mass is 32.2. The molecule has 1 atom stereocenters. The summed E-state index contributed by atoms with van der Waals surface area (Å²) in [5, 5.41) is 0. The summed E-state index contributed by atoms with van der Waals surface area (Å²) in [6, 6.07) is 10.9. The lowest BCUT2D eigenvalue weighted by Gasteiger charge is -2.07. The molecule has 0 radical (unpaired) electrons. The highest BCUT2D eigenvalue weighted by molar-refractivity contribution is 7.99. The van der Waals surface area contributed by atoms with Crippen LogP contribution in [0.1, 0.15) is 18.5 Å². The molecule has 0 aromatic heterocycles. The molecule has 94 valence electrons. The Hall–Kier alpha value is -1.39. The zero-order valence-corrected chi connectivity index (χ0v) is 10.7. The molecule has 0 amide bonds. The summed E-state index contributed by atoms with van der Waals surface area (Å²) in [5.41, 5.74) is 6.76. The van der Waals surface area contributed by atoms with Crippen LogP contribution < -0.4 is 5.73 Å². The van der Waals surface area contributed by atoms with E-state index in [2.05, 4.69) is 0 Å². The normalized spacial score (nSPS) is 12.4. The third-order valence-corrected chi connectivity index (χ3v) is 3.57. The number of nitrogens with two attached hydrogens (primary N) is 1. The molecule has 0 saturated heterocycles. The van der Waals surface area contributed by atoms with Crippen LogP contribution >= 0.6 is 11.8 Å². The molecule has 0 fully saturated rings. The molecule has 2 aromatic rings. The minimum absolute atomic E-state index is 0.0324. The molecular weight excluding hydrogens is 252 g/mol. The number of halogens is 2. The molecule has 0 aliphatic heterocycles. The monoisotopic (exact) mass is 265 g/mol. The van der Waals surface area contributed by atoms with Gasteiger partial charge in [-0.3, -0.25) is 0 Å². The maximum absolute atomic E-state index is 13.5. The summed E-state index contributed by atoms with van der Waals surface area (Å²) in [5.74, 6) is -0.858. The van der Waals surface area contributed by atoms with Crippen molar-refractivity contribution in [3.8, 4) is 0 Å². The van der Waals surface area contributed by atoms with Crippen molar-refractivity contribution in [1.82, 2.24) is 0 Å². The van der Waals surface area contributed by atoms with Crippen LogP contribution in [0.3, 0.4) is 0 Å². The predicted octanol–water partition coefficient (Wildman–Crippen LogP) is 4.14. The first kappa shape index (κ1) is 13.1. The van der Waals surface area contributed by atoms with Crippen molar-refractivity contribution in [3.63, 3.8) is 0 Å². The van der Waals surface area contributed by atoms with Crippen LogP contribution in [0.2, 0.25) is 0 Å². The van der Waals surface area contributed by atoms with Crippen LogP contribution in [0.15, 0.2) is 52.3 Å². The molecule has 0 unspecified atom stereocenters. The van der Waals surface area contributed by atoms with E-state index < -0.39 is 11.6 Å². The van der Waals surface area contributed by atoms with Crippen molar-refractivity contribution < 1.29 is 8.78 Å². The average Bonchev–Trinajstić information content (AvgIpc) is 2.34. The van der Waals surface area contributed by atoms with Gasteiger partial charge in [0, 0.05) is 10.9 Å². The smallest absolute Gasteiger partial charge is 0.137 e. The van der Waals surface area contributed by atoms with Gasteiger partial charge >= 0.3 is 0 Å². The lowest BCUT2D eigenvalue weighted by molar-refractivity contribution is 0.577. The van der Waals surface area contributed by atoms with Crippen LogP contribution in [0.4, 0.5) is 8.78 Å². The van der Waals surface area contributed by atoms with Gasteiger partial charge in [0.2, 0.25) is 0 Å². The molecule has 0 bridgehead atoms. The SMILES string of the molecule is C[C@H](N)c1ccc(Sc2cc(F)ccc2F)cc1. The van der Waals surface area contributed by atoms with Crippen LogP contribution in [0, 0.1) is 11.6 Å². The van der Waals surface area contributed by atoms with Gasteiger partial charge in [0.05, 0.1) is 4.90 Å². The zero-order valence-electron chi connectivity index (χ0n) is 9.86. The molecule has 2 aromatic carbocycles. The Labute approximate surface area is 109 Å². The number of hydrogen-bond acceptors (Lipinski definition) is 2. The Morgan fingerprint density at radius 2 is 1.72 bits per heavy atom. The molecule has 2 N–H and O–H groups in total. The van der Waals surface area contributed by atoms with Crippen LogP contribution in [0.25, 0.3) is 0 Å². The summed E-state index contributed by atoms with van der Waals surface area (Å²) >= 11 is 1.19. The van der Waals surface area contributed by atoms with Gasteiger partial charge in [-0.2, -0.15) is 0 Å². The van der Waals surface area contributed by atoms with Gasteiger partial charge in [-0.25, -0.2) is 8.78 Å². The van der Waals surface area contributed by atoms with Gasteiger partial charge in [-0.05, 0) is 42.8 Å². The maximum Gasteiger partial charge on any atom is 0.137 e. The molecule has 0 saturated carbocycles. The fourth-order valence-electron chi connectivity index (χ4n) is 1.52. The molecule has 4 heteroatoms. The Morgan fingerprint density at radius 1 is 1.06 bits per heavy atom. The summed E-state index contributed by atoms with van der Waals surface area (Å²) in [6.07, 6.45) is 0. The minimum Gasteiger partial charge on any atom is -0.324 e. The third kappa shape index (κ3) is 3.09. The highest BCUT2D eigenvalue weighted by Gasteiger charge is 2.06. The van der Waals surface area contributed by atoms with E-state index in [0.717, 1.165) is 22.6 Å². The van der Waals surface area contributed by atoms with Crippen molar-refractivity contribution in [2.75, 3.05) is 0 Å². The van der Waals surface area contributed by atoms with Gasteiger partial charge in [0.15, 0.2) is 0 Å². The maximum atomic E-state index is 13.5. The van der Waals surface area contributed by atoms with Gasteiger partial charge < -0.3 is 5.73 Å². The van der Waals surface area contributed by atoms with E-state index in [4.69, 9.17) is 5.73 Å². The lowest BCUT2D eigenvalue weighted by atomic mass is 10.1. The van der Waals surface area contributed by atoms with Crippen LogP contribution in [-0.4, -0.2) is 0 Å². The molecule has 0 spiro atoms. The second-order valence-electron chi connectivity index (χ2n) is 4.03. The van der Waals surface area contributed by atoms with E-state index in [0.29, 0.717) is 0 Å². The molecule has 0 aliphatic carbocycles. The summed E-state index contributed by atoms with van der Waals surface area (Å²) in [6.45, 7) is 1.90. The second-order valence-corrected chi connectivity index (χ2v) is 5.15. The Bertz CT molecular complexity index is 538. The predicted molar refractivity (Wildman–Crippen MR) is 69.5 cm³/mol. The Balaban J connectivity index is 2.21. The van der Waals surface area contributed by atoms with Crippen molar-refractivity contribution in [3.05, 3.63) is 59.7 Å². The van der Waals surface area contributed by atoms with Crippen molar-refractivity contribution >= 4 is 11.8 Å². The van der Waals surface area contributed by atoms with E-state index in [1.807, 2.05) is 31.2 Å². The average molecular weight is 265 g/mol. The first-order valence-corrected chi connectivity index (χ1v) is 6.36. The Kier molecular flexibility index (Phi) is 3.99. The summed E-state index contributed by atoms with van der Waals surface area (Å²) in [4.78, 5) is 1.13. The van der Waals surface area contributed by atoms with Gasteiger partial charge in [0.1, 0.15) is 11.6 Å². The first-order valence-electron chi connectivity index (χ1n) is 5.54. The van der Waals surface area contributed by atoms with Crippen molar-refractivity contribution in [1.29, 1.82) is 0 Å². The largest absolute Gasteiger partial charge is 0.324 e. The second kappa shape index (κ2) is 5.50. The molecule has 18 heavy (non-hydrogen) atoms. The summed E-state index contributed by atoms with van der Waals surface area (Å²) < 4.78 is 26.5. The van der Waals surface area contributed by atoms with Gasteiger partial charge in [-0.1, -0.05) is 23.9 Å². The Morgan fingerprint density at radius 3 is 2.33 bits per heavy atom. The molecular formula is C14H13F2NS. The van der Waals surface area contributed by atoms with Crippen LogP contribution in [-0.2, 0) is 0 Å². The van der Waals surface area contributed by atoms with E-state index in [-0.39, 0.29) is 10.9 Å². The highest BCUT2D eigenvalue weighted by Crippen LogP contribution is 2.30. The van der Waals surface area contributed by atoms with E-state index in [1.165, 1.54) is 17.8 Å². The number of benzene rings is 2. The number of hydrogen-bond donors (Lipinski definition) is 1. The first-order chi connectivity index (χ1) is 8.56. The fraction of sp³-hybridized carbons (Fsp3) is 0.143. The van der Waals surface area contributed by atoms with E-state index in [9.17, 15) is 8.78 Å². The van der Waals surface area contributed by atoms with Gasteiger partial charge in [-0.15, -0.1) is 0 Å². The lowest BCUT2D eigenvalue weighted by Crippen LogP contribution is -2.04. The zero-order chi connectivity index (χ0) is 13.1. The van der Waals surface area contributed by atoms with Gasteiger partial charge in [0.25, 0.3) is 0 Å². The number of rotatable bonds is 3. The standard InChI is InChI=1S/C14H13F2NS/c1-9(17)10-2-5-12(6-3-10)18-14-8-11(15)4-7-13(14)16/h2-9H,17H2,1H3/t9-/m0/s1. The molecule has 2 rings (SSSR count). The molecule has 0 aliphatic rings. The minimum atomic E-state index is -0.439.